The lowest BCUT2D eigenvalue weighted by molar-refractivity contribution is 0.0378. The number of carbonyl (C=O) groups excluding carboxylic acids is 2. The van der Waals surface area contributed by atoms with E-state index in [1.165, 1.54) is 0 Å². The number of rotatable bonds is 8. The van der Waals surface area contributed by atoms with Gasteiger partial charge in [0.1, 0.15) is 6.54 Å². The summed E-state index contributed by atoms with van der Waals surface area (Å²) in [6.45, 7) is 8.09. The number of carbonyl (C=O) groups is 2. The molecule has 0 bridgehead atoms. The molecule has 2 heterocycles. The maximum absolute atomic E-state index is 13.0. The predicted octanol–water partition coefficient (Wildman–Crippen LogP) is 3.85. The quantitative estimate of drug-likeness (QED) is 0.340. The van der Waals surface area contributed by atoms with Crippen LogP contribution in [0.2, 0.25) is 0 Å². The maximum Gasteiger partial charge on any atom is 0.340 e. The molecule has 3 aromatic rings. The zero-order valence-electron chi connectivity index (χ0n) is 21.7. The summed E-state index contributed by atoms with van der Waals surface area (Å²) in [7, 11) is 0. The van der Waals surface area contributed by atoms with E-state index >= 15 is 0 Å². The lowest BCUT2D eigenvalue weighted by atomic mass is 10.1. The summed E-state index contributed by atoms with van der Waals surface area (Å²) in [5.74, 6) is -0.342. The highest BCUT2D eigenvalue weighted by Gasteiger charge is 2.21. The van der Waals surface area contributed by atoms with Crippen LogP contribution >= 0.6 is 0 Å². The van der Waals surface area contributed by atoms with Crippen LogP contribution in [0.15, 0.2) is 48.7 Å². The Morgan fingerprint density at radius 1 is 1.16 bits per heavy atom. The maximum atomic E-state index is 13.0. The van der Waals surface area contributed by atoms with E-state index in [9.17, 15) is 9.59 Å². The minimum atomic E-state index is -0.394. The first-order chi connectivity index (χ1) is 18.4. The molecule has 38 heavy (non-hydrogen) atoms. The molecule has 1 aromatic heterocycles. The smallest absolute Gasteiger partial charge is 0.340 e. The van der Waals surface area contributed by atoms with Crippen molar-refractivity contribution in [3.05, 3.63) is 65.4 Å². The average molecular weight is 515 g/mol. The first kappa shape index (κ1) is 26.6. The van der Waals surface area contributed by atoms with Crippen LogP contribution in [0.5, 0.6) is 0 Å². The standard InChI is InChI=1S/C28H30N6O4/c1-18(2)38-27(36)23-16-22(8-9-24(23)34-12-14-37-15-13-34)32-28-31-17-19(3)25(33-28)20-4-6-21(7-5-20)26(35)30-11-10-29/h4-9,16-18H,11-15H2,1-3H3,(H,30,35)(H,31,32,33). The second-order valence-corrected chi connectivity index (χ2v) is 9.05. The Morgan fingerprint density at radius 2 is 1.89 bits per heavy atom. The molecule has 10 nitrogen and oxygen atoms in total. The van der Waals surface area contributed by atoms with Crippen molar-refractivity contribution in [3.8, 4) is 17.3 Å². The molecular formula is C28H30N6O4. The van der Waals surface area contributed by atoms with Crippen molar-refractivity contribution in [1.82, 2.24) is 15.3 Å². The van der Waals surface area contributed by atoms with E-state index in [-0.39, 0.29) is 18.6 Å². The molecule has 1 amide bonds. The molecule has 0 saturated carbocycles. The van der Waals surface area contributed by atoms with E-state index in [2.05, 4.69) is 25.5 Å². The monoisotopic (exact) mass is 514 g/mol. The molecule has 4 rings (SSSR count). The predicted molar refractivity (Wildman–Crippen MR) is 143 cm³/mol. The fraction of sp³-hybridized carbons (Fsp3) is 0.321. The second-order valence-electron chi connectivity index (χ2n) is 9.05. The van der Waals surface area contributed by atoms with E-state index in [1.54, 1.807) is 36.5 Å². The zero-order chi connectivity index (χ0) is 27.1. The summed E-state index contributed by atoms with van der Waals surface area (Å²) < 4.78 is 11.0. The first-order valence-corrected chi connectivity index (χ1v) is 12.4. The highest BCUT2D eigenvalue weighted by molar-refractivity contribution is 5.97. The molecule has 2 aromatic carbocycles. The van der Waals surface area contributed by atoms with E-state index < -0.39 is 5.97 Å². The fourth-order valence-electron chi connectivity index (χ4n) is 4.06. The Bertz CT molecular complexity index is 1340. The number of hydrogen-bond donors (Lipinski definition) is 2. The SMILES string of the molecule is Cc1cnc(Nc2ccc(N3CCOCC3)c(C(=O)OC(C)C)c2)nc1-c1ccc(C(=O)NCC#N)cc1. The van der Waals surface area contributed by atoms with Crippen LogP contribution in [-0.2, 0) is 9.47 Å². The Morgan fingerprint density at radius 3 is 2.58 bits per heavy atom. The van der Waals surface area contributed by atoms with Gasteiger partial charge in [-0.1, -0.05) is 12.1 Å². The van der Waals surface area contributed by atoms with Crippen LogP contribution in [0.4, 0.5) is 17.3 Å². The van der Waals surface area contributed by atoms with Gasteiger partial charge >= 0.3 is 5.97 Å². The number of morpholine rings is 1. The Hall–Kier alpha value is -4.49. The first-order valence-electron chi connectivity index (χ1n) is 12.4. The number of aryl methyl sites for hydroxylation is 1. The number of esters is 1. The van der Waals surface area contributed by atoms with Crippen molar-refractivity contribution in [1.29, 1.82) is 5.26 Å². The molecule has 196 valence electrons. The number of aromatic nitrogens is 2. The molecular weight excluding hydrogens is 484 g/mol. The topological polar surface area (TPSA) is 129 Å². The number of ether oxygens (including phenoxy) is 2. The lowest BCUT2D eigenvalue weighted by Crippen LogP contribution is -2.37. The summed E-state index contributed by atoms with van der Waals surface area (Å²) in [6.07, 6.45) is 1.47. The number of hydrogen-bond acceptors (Lipinski definition) is 9. The molecule has 0 atom stereocenters. The second kappa shape index (κ2) is 12.2. The van der Waals surface area contributed by atoms with Gasteiger partial charge in [-0.25, -0.2) is 14.8 Å². The number of nitrogens with zero attached hydrogens (tertiary/aromatic N) is 4. The van der Waals surface area contributed by atoms with Gasteiger partial charge in [-0.05, 0) is 56.7 Å². The van der Waals surface area contributed by atoms with E-state index in [1.807, 2.05) is 39.0 Å². The molecule has 0 spiro atoms. The van der Waals surface area contributed by atoms with Gasteiger partial charge < -0.3 is 25.0 Å². The van der Waals surface area contributed by atoms with Gasteiger partial charge in [-0.15, -0.1) is 0 Å². The lowest BCUT2D eigenvalue weighted by Gasteiger charge is -2.30. The van der Waals surface area contributed by atoms with Crippen LogP contribution in [0.1, 0.15) is 40.1 Å². The van der Waals surface area contributed by atoms with Gasteiger partial charge in [0.25, 0.3) is 5.91 Å². The number of nitrogens with one attached hydrogen (secondary N) is 2. The van der Waals surface area contributed by atoms with Crippen LogP contribution in [0.25, 0.3) is 11.3 Å². The number of amides is 1. The van der Waals surface area contributed by atoms with Crippen molar-refractivity contribution in [3.63, 3.8) is 0 Å². The molecule has 0 radical (unpaired) electrons. The fourth-order valence-corrected chi connectivity index (χ4v) is 4.06. The minimum Gasteiger partial charge on any atom is -0.459 e. The van der Waals surface area contributed by atoms with Crippen LogP contribution in [0.3, 0.4) is 0 Å². The van der Waals surface area contributed by atoms with Gasteiger partial charge in [-0.3, -0.25) is 4.79 Å². The molecule has 1 fully saturated rings. The summed E-state index contributed by atoms with van der Waals surface area (Å²) in [4.78, 5) is 36.3. The zero-order valence-corrected chi connectivity index (χ0v) is 21.7. The molecule has 0 unspecified atom stereocenters. The molecule has 1 aliphatic rings. The highest BCUT2D eigenvalue weighted by Crippen LogP contribution is 2.29. The van der Waals surface area contributed by atoms with Gasteiger partial charge in [0.05, 0.1) is 42.3 Å². The van der Waals surface area contributed by atoms with Crippen LogP contribution < -0.4 is 15.5 Å². The minimum absolute atomic E-state index is 0.0506. The van der Waals surface area contributed by atoms with Crippen molar-refractivity contribution in [2.45, 2.75) is 26.9 Å². The van der Waals surface area contributed by atoms with Crippen LogP contribution in [-0.4, -0.2) is 60.8 Å². The molecule has 0 aliphatic carbocycles. The van der Waals surface area contributed by atoms with Gasteiger partial charge in [0.15, 0.2) is 0 Å². The average Bonchev–Trinajstić information content (AvgIpc) is 2.93. The summed E-state index contributed by atoms with van der Waals surface area (Å²) >= 11 is 0. The van der Waals surface area contributed by atoms with E-state index in [0.717, 1.165) is 16.8 Å². The van der Waals surface area contributed by atoms with Gasteiger partial charge in [-0.2, -0.15) is 5.26 Å². The van der Waals surface area contributed by atoms with Crippen molar-refractivity contribution >= 4 is 29.2 Å². The van der Waals surface area contributed by atoms with E-state index in [0.29, 0.717) is 54.8 Å². The summed E-state index contributed by atoms with van der Waals surface area (Å²) in [6, 6.07) is 14.4. The largest absolute Gasteiger partial charge is 0.459 e. The molecule has 10 heteroatoms. The van der Waals surface area contributed by atoms with Gasteiger partial charge in [0.2, 0.25) is 5.95 Å². The molecule has 2 N–H and O–H groups in total. The number of nitriles is 1. The third kappa shape index (κ3) is 6.44. The van der Waals surface area contributed by atoms with Crippen molar-refractivity contribution in [2.24, 2.45) is 0 Å². The Kier molecular flexibility index (Phi) is 8.51. The Labute approximate surface area is 221 Å². The molecule has 1 aliphatic heterocycles. The van der Waals surface area contributed by atoms with Crippen molar-refractivity contribution < 1.29 is 19.1 Å². The van der Waals surface area contributed by atoms with Crippen molar-refractivity contribution in [2.75, 3.05) is 43.1 Å². The number of anilines is 3. The molecule has 1 saturated heterocycles. The van der Waals surface area contributed by atoms with Crippen LogP contribution in [0, 0.1) is 18.3 Å². The normalized spacial score (nSPS) is 13.1. The van der Waals surface area contributed by atoms with Gasteiger partial charge in [0, 0.05) is 36.1 Å². The summed E-state index contributed by atoms with van der Waals surface area (Å²) in [5, 5.41) is 14.4. The highest BCUT2D eigenvalue weighted by atomic mass is 16.5. The Balaban J connectivity index is 1.59. The number of benzene rings is 2. The third-order valence-electron chi connectivity index (χ3n) is 5.89. The van der Waals surface area contributed by atoms with E-state index in [4.69, 9.17) is 14.7 Å². The summed E-state index contributed by atoms with van der Waals surface area (Å²) in [5.41, 5.74) is 4.75. The third-order valence-corrected chi connectivity index (χ3v) is 5.89.